The molecule has 0 saturated carbocycles. The van der Waals surface area contributed by atoms with Gasteiger partial charge in [-0.15, -0.1) is 0 Å². The molecular formula is C13H11Cl2FN2O2S. The number of anilines is 2. The number of hydrogen-bond donors (Lipinski definition) is 2. The van der Waals surface area contributed by atoms with Crippen molar-refractivity contribution in [2.45, 2.75) is 11.8 Å². The van der Waals surface area contributed by atoms with Gasteiger partial charge in [0.2, 0.25) is 0 Å². The van der Waals surface area contributed by atoms with Crippen molar-refractivity contribution in [1.82, 2.24) is 0 Å². The van der Waals surface area contributed by atoms with Gasteiger partial charge in [-0.25, -0.2) is 12.8 Å². The predicted molar refractivity (Wildman–Crippen MR) is 82.8 cm³/mol. The van der Waals surface area contributed by atoms with Gasteiger partial charge in [-0.2, -0.15) is 0 Å². The zero-order chi connectivity index (χ0) is 15.8. The second-order valence-corrected chi connectivity index (χ2v) is 6.77. The Kier molecular flexibility index (Phi) is 4.32. The molecule has 8 heteroatoms. The Labute approximate surface area is 131 Å². The monoisotopic (exact) mass is 348 g/mol. The van der Waals surface area contributed by atoms with E-state index in [-0.39, 0.29) is 26.3 Å². The van der Waals surface area contributed by atoms with Crippen molar-refractivity contribution >= 4 is 44.6 Å². The maximum absolute atomic E-state index is 13.0. The van der Waals surface area contributed by atoms with Crippen LogP contribution in [0.15, 0.2) is 35.2 Å². The smallest absolute Gasteiger partial charge is 0.263 e. The molecule has 0 unspecified atom stereocenters. The van der Waals surface area contributed by atoms with Crippen molar-refractivity contribution in [2.75, 3.05) is 10.5 Å². The lowest BCUT2D eigenvalue weighted by Gasteiger charge is -2.13. The van der Waals surface area contributed by atoms with Crippen LogP contribution in [0.4, 0.5) is 15.8 Å². The Bertz CT molecular complexity index is 810. The van der Waals surface area contributed by atoms with Gasteiger partial charge in [0, 0.05) is 0 Å². The highest BCUT2D eigenvalue weighted by molar-refractivity contribution is 7.92. The van der Waals surface area contributed by atoms with Gasteiger partial charge in [-0.1, -0.05) is 23.2 Å². The fourth-order valence-electron chi connectivity index (χ4n) is 1.70. The summed E-state index contributed by atoms with van der Waals surface area (Å²) < 4.78 is 40.0. The zero-order valence-corrected chi connectivity index (χ0v) is 13.2. The first-order valence-electron chi connectivity index (χ1n) is 5.75. The summed E-state index contributed by atoms with van der Waals surface area (Å²) in [7, 11) is -3.96. The van der Waals surface area contributed by atoms with Crippen LogP contribution in [0.25, 0.3) is 0 Å². The van der Waals surface area contributed by atoms with Gasteiger partial charge < -0.3 is 5.73 Å². The maximum atomic E-state index is 13.0. The SMILES string of the molecule is Cc1cc(F)ccc1NS(=O)(=O)c1ccc(Cl)c(N)c1Cl. The van der Waals surface area contributed by atoms with Gasteiger partial charge in [0.25, 0.3) is 10.0 Å². The molecule has 0 aliphatic heterocycles. The van der Waals surface area contributed by atoms with E-state index >= 15 is 0 Å². The molecule has 3 N–H and O–H groups in total. The standard InChI is InChI=1S/C13H11Cl2FN2O2S/c1-7-6-8(16)2-4-10(7)18-21(19,20)11-5-3-9(14)13(17)12(11)15/h2-6,18H,17H2,1H3. The highest BCUT2D eigenvalue weighted by Gasteiger charge is 2.21. The molecule has 2 rings (SSSR count). The average molecular weight is 349 g/mol. The Balaban J connectivity index is 2.46. The molecular weight excluding hydrogens is 338 g/mol. The van der Waals surface area contributed by atoms with Crippen LogP contribution in [-0.2, 0) is 10.0 Å². The minimum absolute atomic E-state index is 0.0166. The molecule has 2 aromatic rings. The summed E-state index contributed by atoms with van der Waals surface area (Å²) in [4.78, 5) is -0.199. The fourth-order valence-corrected chi connectivity index (χ4v) is 3.60. The molecule has 0 fully saturated rings. The highest BCUT2D eigenvalue weighted by Crippen LogP contribution is 2.34. The minimum Gasteiger partial charge on any atom is -0.396 e. The minimum atomic E-state index is -3.96. The lowest BCUT2D eigenvalue weighted by molar-refractivity contribution is 0.601. The van der Waals surface area contributed by atoms with Gasteiger partial charge >= 0.3 is 0 Å². The second-order valence-electron chi connectivity index (χ2n) is 4.34. The van der Waals surface area contributed by atoms with Crippen molar-refractivity contribution in [3.05, 3.63) is 51.8 Å². The van der Waals surface area contributed by atoms with Crippen LogP contribution in [0, 0.1) is 12.7 Å². The van der Waals surface area contributed by atoms with Crippen molar-refractivity contribution < 1.29 is 12.8 Å². The van der Waals surface area contributed by atoms with Crippen LogP contribution in [0.1, 0.15) is 5.56 Å². The number of sulfonamides is 1. The molecule has 21 heavy (non-hydrogen) atoms. The molecule has 4 nitrogen and oxygen atoms in total. The van der Waals surface area contributed by atoms with Crippen molar-refractivity contribution in [3.63, 3.8) is 0 Å². The number of nitrogens with one attached hydrogen (secondary N) is 1. The van der Waals surface area contributed by atoms with E-state index in [0.717, 1.165) is 6.07 Å². The third kappa shape index (κ3) is 3.23. The summed E-state index contributed by atoms with van der Waals surface area (Å²) >= 11 is 11.7. The first kappa shape index (κ1) is 15.9. The normalized spacial score (nSPS) is 11.4. The molecule has 0 bridgehead atoms. The lowest BCUT2D eigenvalue weighted by Crippen LogP contribution is -2.15. The van der Waals surface area contributed by atoms with Crippen molar-refractivity contribution in [1.29, 1.82) is 0 Å². The number of nitrogen functional groups attached to an aromatic ring is 1. The van der Waals surface area contributed by atoms with E-state index in [9.17, 15) is 12.8 Å². The fraction of sp³-hybridized carbons (Fsp3) is 0.0769. The van der Waals surface area contributed by atoms with Gasteiger partial charge in [-0.05, 0) is 42.8 Å². The molecule has 0 aliphatic carbocycles. The molecule has 112 valence electrons. The van der Waals surface area contributed by atoms with Crippen molar-refractivity contribution in [2.24, 2.45) is 0 Å². The Morgan fingerprint density at radius 2 is 1.86 bits per heavy atom. The Hall–Kier alpha value is -1.50. The summed E-state index contributed by atoms with van der Waals surface area (Å²) in [5, 5.41) is 0.00618. The number of rotatable bonds is 3. The number of aryl methyl sites for hydroxylation is 1. The summed E-state index contributed by atoms with van der Waals surface area (Å²) in [6.07, 6.45) is 0. The molecule has 0 aromatic heterocycles. The topological polar surface area (TPSA) is 72.2 Å². The third-order valence-corrected chi connectivity index (χ3v) is 5.07. The molecule has 0 radical (unpaired) electrons. The molecule has 2 aromatic carbocycles. The highest BCUT2D eigenvalue weighted by atomic mass is 35.5. The van der Waals surface area contributed by atoms with Gasteiger partial charge in [0.15, 0.2) is 0 Å². The second kappa shape index (κ2) is 5.71. The third-order valence-electron chi connectivity index (χ3n) is 2.81. The van der Waals surface area contributed by atoms with Crippen LogP contribution in [-0.4, -0.2) is 8.42 Å². The van der Waals surface area contributed by atoms with Crippen LogP contribution >= 0.6 is 23.2 Å². The first-order valence-corrected chi connectivity index (χ1v) is 7.99. The first-order chi connectivity index (χ1) is 9.72. The summed E-state index contributed by atoms with van der Waals surface area (Å²) in [6, 6.07) is 6.30. The zero-order valence-electron chi connectivity index (χ0n) is 10.8. The summed E-state index contributed by atoms with van der Waals surface area (Å²) in [5.74, 6) is -0.454. The van der Waals surface area contributed by atoms with E-state index < -0.39 is 15.8 Å². The van der Waals surface area contributed by atoms with E-state index in [1.165, 1.54) is 24.3 Å². The number of halogens is 3. The van der Waals surface area contributed by atoms with E-state index in [0.29, 0.717) is 5.56 Å². The maximum Gasteiger partial charge on any atom is 0.263 e. The molecule has 0 saturated heterocycles. The van der Waals surface area contributed by atoms with E-state index in [2.05, 4.69) is 4.72 Å². The van der Waals surface area contributed by atoms with Gasteiger partial charge in [0.1, 0.15) is 10.7 Å². The van der Waals surface area contributed by atoms with E-state index in [4.69, 9.17) is 28.9 Å². The van der Waals surface area contributed by atoms with Crippen LogP contribution in [0.5, 0.6) is 0 Å². The molecule has 0 heterocycles. The Morgan fingerprint density at radius 1 is 1.19 bits per heavy atom. The lowest BCUT2D eigenvalue weighted by atomic mass is 10.2. The van der Waals surface area contributed by atoms with Gasteiger partial charge in [-0.3, -0.25) is 4.72 Å². The number of nitrogens with two attached hydrogens (primary N) is 1. The average Bonchev–Trinajstić information content (AvgIpc) is 2.39. The summed E-state index contributed by atoms with van der Waals surface area (Å²) in [6.45, 7) is 1.58. The molecule has 0 amide bonds. The number of benzene rings is 2. The molecule has 0 atom stereocenters. The van der Waals surface area contributed by atoms with Gasteiger partial charge in [0.05, 0.1) is 21.4 Å². The predicted octanol–water partition coefficient (Wildman–Crippen LogP) is 3.82. The van der Waals surface area contributed by atoms with E-state index in [1.807, 2.05) is 0 Å². The molecule has 0 aliphatic rings. The molecule has 0 spiro atoms. The quantitative estimate of drug-likeness (QED) is 0.828. The van der Waals surface area contributed by atoms with Crippen LogP contribution in [0.2, 0.25) is 10.0 Å². The number of hydrogen-bond acceptors (Lipinski definition) is 3. The Morgan fingerprint density at radius 3 is 2.48 bits per heavy atom. The summed E-state index contributed by atoms with van der Waals surface area (Å²) in [5.41, 5.74) is 6.29. The van der Waals surface area contributed by atoms with Crippen molar-refractivity contribution in [3.8, 4) is 0 Å². The largest absolute Gasteiger partial charge is 0.396 e. The van der Waals surface area contributed by atoms with Crippen LogP contribution < -0.4 is 10.5 Å². The van der Waals surface area contributed by atoms with Crippen LogP contribution in [0.3, 0.4) is 0 Å². The van der Waals surface area contributed by atoms with E-state index in [1.54, 1.807) is 6.92 Å².